The maximum atomic E-state index is 12.4. The van der Waals surface area contributed by atoms with Crippen molar-refractivity contribution < 1.29 is 17.6 Å². The van der Waals surface area contributed by atoms with E-state index in [-0.39, 0.29) is 28.7 Å². The Hall–Kier alpha value is -1.61. The molecule has 25 heavy (non-hydrogen) atoms. The minimum Gasteiger partial charge on any atom is -0.444 e. The van der Waals surface area contributed by atoms with Crippen molar-refractivity contribution in [3.63, 3.8) is 0 Å². The van der Waals surface area contributed by atoms with Crippen LogP contribution in [0.5, 0.6) is 0 Å². The molecule has 1 aliphatic rings. The molecule has 0 unspecified atom stereocenters. The number of halogens is 1. The lowest BCUT2D eigenvalue weighted by molar-refractivity contribution is 0.0994. The van der Waals surface area contributed by atoms with Crippen molar-refractivity contribution in [2.45, 2.75) is 38.6 Å². The molecule has 3 heterocycles. The zero-order valence-corrected chi connectivity index (χ0v) is 16.6. The Morgan fingerprint density at radius 2 is 2.12 bits per heavy atom. The van der Waals surface area contributed by atoms with Gasteiger partial charge >= 0.3 is 0 Å². The molecule has 7 nitrogen and oxygen atoms in total. The van der Waals surface area contributed by atoms with Gasteiger partial charge in [0.2, 0.25) is 0 Å². The molecule has 0 aliphatic carbocycles. The molecule has 1 aliphatic heterocycles. The van der Waals surface area contributed by atoms with Crippen molar-refractivity contribution in [2.75, 3.05) is 16.8 Å². The van der Waals surface area contributed by atoms with Gasteiger partial charge in [-0.1, -0.05) is 20.8 Å². The van der Waals surface area contributed by atoms with Gasteiger partial charge < -0.3 is 9.73 Å². The van der Waals surface area contributed by atoms with Crippen LogP contribution >= 0.6 is 15.9 Å². The molecule has 2 aromatic rings. The van der Waals surface area contributed by atoms with E-state index in [0.29, 0.717) is 16.9 Å². The molecule has 0 spiro atoms. The molecule has 1 saturated heterocycles. The highest BCUT2D eigenvalue weighted by Crippen LogP contribution is 2.31. The fourth-order valence-corrected chi connectivity index (χ4v) is 4.71. The van der Waals surface area contributed by atoms with Crippen LogP contribution in [0.3, 0.4) is 0 Å². The average Bonchev–Trinajstić information content (AvgIpc) is 3.16. The predicted molar refractivity (Wildman–Crippen MR) is 97.6 cm³/mol. The smallest absolute Gasteiger partial charge is 0.292 e. The third-order valence-corrected chi connectivity index (χ3v) is 6.27. The van der Waals surface area contributed by atoms with Crippen molar-refractivity contribution >= 4 is 37.5 Å². The van der Waals surface area contributed by atoms with Crippen molar-refractivity contribution in [1.82, 2.24) is 9.78 Å². The van der Waals surface area contributed by atoms with Crippen molar-refractivity contribution in [1.29, 1.82) is 0 Å². The van der Waals surface area contributed by atoms with Crippen LogP contribution in [0.1, 0.15) is 49.5 Å². The molecular weight excluding hydrogens is 410 g/mol. The lowest BCUT2D eigenvalue weighted by Gasteiger charge is -2.15. The minimum atomic E-state index is -3.06. The Labute approximate surface area is 154 Å². The number of hydrogen-bond acceptors (Lipinski definition) is 5. The first-order valence-electron chi connectivity index (χ1n) is 7.92. The van der Waals surface area contributed by atoms with Crippen LogP contribution in [0.15, 0.2) is 27.3 Å². The number of carbonyl (C=O) groups is 1. The van der Waals surface area contributed by atoms with Gasteiger partial charge in [0.05, 0.1) is 23.2 Å². The molecule has 1 fully saturated rings. The molecule has 136 valence electrons. The Morgan fingerprint density at radius 3 is 2.64 bits per heavy atom. The van der Waals surface area contributed by atoms with E-state index in [4.69, 9.17) is 4.42 Å². The lowest BCUT2D eigenvalue weighted by Crippen LogP contribution is -2.20. The van der Waals surface area contributed by atoms with Crippen LogP contribution in [-0.2, 0) is 15.3 Å². The second kappa shape index (κ2) is 6.28. The van der Waals surface area contributed by atoms with E-state index in [0.717, 1.165) is 5.69 Å². The SMILES string of the molecule is CC(C)(C)c1cc(NC(=O)c2ccc(Br)o2)n([C@H]2CCS(=O)(=O)C2)n1. The van der Waals surface area contributed by atoms with Gasteiger partial charge in [0, 0.05) is 11.5 Å². The number of carbonyl (C=O) groups excluding carboxylic acids is 1. The largest absolute Gasteiger partial charge is 0.444 e. The van der Waals surface area contributed by atoms with E-state index in [1.54, 1.807) is 22.9 Å². The number of anilines is 1. The monoisotopic (exact) mass is 429 g/mol. The molecule has 1 atom stereocenters. The normalized spacial score (nSPS) is 19.9. The van der Waals surface area contributed by atoms with Gasteiger partial charge in [-0.25, -0.2) is 13.1 Å². The van der Waals surface area contributed by atoms with Gasteiger partial charge in [0.1, 0.15) is 5.82 Å². The van der Waals surface area contributed by atoms with Crippen molar-refractivity contribution in [2.24, 2.45) is 0 Å². The molecule has 9 heteroatoms. The van der Waals surface area contributed by atoms with Crippen LogP contribution < -0.4 is 5.32 Å². The summed E-state index contributed by atoms with van der Waals surface area (Å²) < 4.78 is 31.0. The summed E-state index contributed by atoms with van der Waals surface area (Å²) in [6.45, 7) is 6.04. The fourth-order valence-electron chi connectivity index (χ4n) is 2.72. The van der Waals surface area contributed by atoms with E-state index in [2.05, 4.69) is 26.3 Å². The zero-order chi connectivity index (χ0) is 18.4. The van der Waals surface area contributed by atoms with Gasteiger partial charge in [0.15, 0.2) is 20.3 Å². The quantitative estimate of drug-likeness (QED) is 0.808. The average molecular weight is 430 g/mol. The minimum absolute atomic E-state index is 0.0352. The van der Waals surface area contributed by atoms with Gasteiger partial charge in [-0.3, -0.25) is 4.79 Å². The van der Waals surface area contributed by atoms with Gasteiger partial charge in [-0.2, -0.15) is 5.10 Å². The highest BCUT2D eigenvalue weighted by molar-refractivity contribution is 9.10. The molecule has 0 saturated carbocycles. The summed E-state index contributed by atoms with van der Waals surface area (Å²) in [7, 11) is -3.06. The summed E-state index contributed by atoms with van der Waals surface area (Å²) >= 11 is 3.17. The Kier molecular flexibility index (Phi) is 4.57. The van der Waals surface area contributed by atoms with Gasteiger partial charge in [-0.15, -0.1) is 0 Å². The fraction of sp³-hybridized carbons (Fsp3) is 0.500. The van der Waals surface area contributed by atoms with E-state index in [9.17, 15) is 13.2 Å². The van der Waals surface area contributed by atoms with Crippen LogP contribution in [0.25, 0.3) is 0 Å². The number of nitrogens with one attached hydrogen (secondary N) is 1. The predicted octanol–water partition coefficient (Wildman–Crippen LogP) is 3.15. The third kappa shape index (κ3) is 3.98. The number of nitrogens with zero attached hydrogens (tertiary/aromatic N) is 2. The van der Waals surface area contributed by atoms with Crippen molar-refractivity contribution in [3.8, 4) is 0 Å². The number of furan rings is 1. The first kappa shape index (κ1) is 18.2. The molecule has 0 aromatic carbocycles. The van der Waals surface area contributed by atoms with Crippen LogP contribution in [0, 0.1) is 0 Å². The molecule has 0 radical (unpaired) electrons. The standard InChI is InChI=1S/C16H20BrN3O4S/c1-16(2,3)12-8-14(18-15(21)11-4-5-13(17)24-11)20(19-12)10-6-7-25(22,23)9-10/h4-5,8,10H,6-7,9H2,1-3H3,(H,18,21)/t10-/m0/s1. The topological polar surface area (TPSA) is 94.2 Å². The maximum Gasteiger partial charge on any atom is 0.292 e. The highest BCUT2D eigenvalue weighted by atomic mass is 79.9. The lowest BCUT2D eigenvalue weighted by atomic mass is 9.92. The van der Waals surface area contributed by atoms with E-state index in [1.807, 2.05) is 20.8 Å². The summed E-state index contributed by atoms with van der Waals surface area (Å²) in [5.41, 5.74) is 0.559. The van der Waals surface area contributed by atoms with Gasteiger partial charge in [-0.05, 0) is 34.5 Å². The van der Waals surface area contributed by atoms with Gasteiger partial charge in [0.25, 0.3) is 5.91 Å². The van der Waals surface area contributed by atoms with Crippen LogP contribution in [0.2, 0.25) is 0 Å². The Bertz CT molecular complexity index is 908. The molecule has 1 amide bonds. The van der Waals surface area contributed by atoms with Crippen LogP contribution in [0.4, 0.5) is 5.82 Å². The first-order chi connectivity index (χ1) is 11.5. The Balaban J connectivity index is 1.94. The second-order valence-electron chi connectivity index (χ2n) is 7.22. The zero-order valence-electron chi connectivity index (χ0n) is 14.2. The summed E-state index contributed by atoms with van der Waals surface area (Å²) in [6.07, 6.45) is 0.489. The first-order valence-corrected chi connectivity index (χ1v) is 10.5. The molecule has 3 rings (SSSR count). The Morgan fingerprint density at radius 1 is 1.40 bits per heavy atom. The second-order valence-corrected chi connectivity index (χ2v) is 10.2. The summed E-state index contributed by atoms with van der Waals surface area (Å²) in [6, 6.07) is 4.71. The number of rotatable bonds is 3. The third-order valence-electron chi connectivity index (χ3n) is 4.10. The molecule has 1 N–H and O–H groups in total. The number of amides is 1. The van der Waals surface area contributed by atoms with E-state index in [1.165, 1.54) is 0 Å². The summed E-state index contributed by atoms with van der Waals surface area (Å²) in [5.74, 6) is 0.405. The number of aromatic nitrogens is 2. The molecule has 0 bridgehead atoms. The molecular formula is C16H20BrN3O4S. The maximum absolute atomic E-state index is 12.4. The summed E-state index contributed by atoms with van der Waals surface area (Å²) in [4.78, 5) is 12.4. The molecule has 2 aromatic heterocycles. The number of hydrogen-bond donors (Lipinski definition) is 1. The van der Waals surface area contributed by atoms with E-state index >= 15 is 0 Å². The van der Waals surface area contributed by atoms with E-state index < -0.39 is 15.7 Å². The number of sulfone groups is 1. The summed E-state index contributed by atoms with van der Waals surface area (Å²) in [5, 5.41) is 7.37. The van der Waals surface area contributed by atoms with Crippen molar-refractivity contribution in [3.05, 3.63) is 34.3 Å². The van der Waals surface area contributed by atoms with Crippen LogP contribution in [-0.4, -0.2) is 35.6 Å². The highest BCUT2D eigenvalue weighted by Gasteiger charge is 2.33.